The number of esters is 1. The Morgan fingerprint density at radius 3 is 2.20 bits per heavy atom. The molecule has 3 heterocycles. The molecule has 0 unspecified atom stereocenters. The van der Waals surface area contributed by atoms with E-state index in [1.165, 1.54) is 11.3 Å². The van der Waals surface area contributed by atoms with Crippen LogP contribution in [-0.2, 0) is 9.53 Å². The van der Waals surface area contributed by atoms with Gasteiger partial charge in [-0.1, -0.05) is 89.7 Å². The largest absolute Gasteiger partial charge is 0.497 e. The summed E-state index contributed by atoms with van der Waals surface area (Å²) in [6, 6.07) is 35.5. The molecule has 2 aromatic heterocycles. The number of benzene rings is 4. The Balaban J connectivity index is 1.52. The van der Waals surface area contributed by atoms with Gasteiger partial charge in [0.05, 0.1) is 48.0 Å². The van der Waals surface area contributed by atoms with Crippen LogP contribution >= 0.6 is 11.3 Å². The smallest absolute Gasteiger partial charge is 0.338 e. The van der Waals surface area contributed by atoms with E-state index in [4.69, 9.17) is 19.2 Å². The number of nitrogens with zero attached hydrogens (tertiary/aromatic N) is 3. The fourth-order valence-electron chi connectivity index (χ4n) is 6.60. The van der Waals surface area contributed by atoms with Crippen molar-refractivity contribution in [2.24, 2.45) is 4.99 Å². The molecule has 9 heteroatoms. The number of fused-ring (bicyclic) bond motifs is 1. The minimum atomic E-state index is -0.863. The van der Waals surface area contributed by atoms with Gasteiger partial charge in [0.2, 0.25) is 0 Å². The van der Waals surface area contributed by atoms with E-state index >= 15 is 0 Å². The first-order valence-corrected chi connectivity index (χ1v) is 17.5. The molecule has 0 spiro atoms. The van der Waals surface area contributed by atoms with Crippen LogP contribution in [-0.4, -0.2) is 35.9 Å². The lowest BCUT2D eigenvalue weighted by atomic mass is 9.94. The summed E-state index contributed by atoms with van der Waals surface area (Å²) in [5, 5.41) is 0. The van der Waals surface area contributed by atoms with Crippen molar-refractivity contribution < 1.29 is 19.0 Å². The van der Waals surface area contributed by atoms with Gasteiger partial charge in [-0.3, -0.25) is 9.36 Å². The van der Waals surface area contributed by atoms with Crippen LogP contribution in [0.2, 0.25) is 0 Å². The Bertz CT molecular complexity index is 2460. The van der Waals surface area contributed by atoms with Gasteiger partial charge in [-0.25, -0.2) is 9.79 Å². The molecule has 8 nitrogen and oxygen atoms in total. The highest BCUT2D eigenvalue weighted by Crippen LogP contribution is 2.39. The lowest BCUT2D eigenvalue weighted by molar-refractivity contribution is -0.139. The summed E-state index contributed by atoms with van der Waals surface area (Å²) in [6.07, 6.45) is 1.94. The number of hydrogen-bond acceptors (Lipinski definition) is 7. The third-order valence-corrected chi connectivity index (χ3v) is 9.96. The number of hydrogen-bond donors (Lipinski definition) is 0. The van der Waals surface area contributed by atoms with Crippen molar-refractivity contribution in [3.05, 3.63) is 157 Å². The van der Waals surface area contributed by atoms with E-state index in [0.29, 0.717) is 32.1 Å². The summed E-state index contributed by atoms with van der Waals surface area (Å²) in [5.74, 6) is 0.516. The zero-order chi connectivity index (χ0) is 35.6. The molecule has 6 aromatic rings. The maximum absolute atomic E-state index is 14.7. The fraction of sp³-hybridized carbons (Fsp3) is 0.167. The molecule has 0 saturated carbocycles. The van der Waals surface area contributed by atoms with Crippen LogP contribution in [0.1, 0.15) is 36.6 Å². The molecular formula is C42H37N3O5S. The van der Waals surface area contributed by atoms with Gasteiger partial charge in [0.15, 0.2) is 4.80 Å². The molecule has 0 N–H and O–H groups in total. The van der Waals surface area contributed by atoms with Crippen molar-refractivity contribution in [1.29, 1.82) is 0 Å². The number of carbonyl (C=O) groups excluding carboxylic acids is 1. The Morgan fingerprint density at radius 2 is 1.55 bits per heavy atom. The molecule has 1 aliphatic rings. The molecule has 0 fully saturated rings. The number of thiazole rings is 1. The molecule has 1 atom stereocenters. The summed E-state index contributed by atoms with van der Waals surface area (Å²) < 4.78 is 21.1. The number of ether oxygens (including phenoxy) is 3. The molecule has 51 heavy (non-hydrogen) atoms. The van der Waals surface area contributed by atoms with E-state index in [0.717, 1.165) is 39.3 Å². The van der Waals surface area contributed by atoms with Crippen LogP contribution in [0.4, 0.5) is 0 Å². The molecule has 0 amide bonds. The summed E-state index contributed by atoms with van der Waals surface area (Å²) in [7, 11) is 3.13. The lowest BCUT2D eigenvalue weighted by Crippen LogP contribution is -2.40. The minimum absolute atomic E-state index is 0.173. The van der Waals surface area contributed by atoms with Gasteiger partial charge in [-0.15, -0.1) is 0 Å². The maximum atomic E-state index is 14.7. The number of rotatable bonds is 9. The second-order valence-corrected chi connectivity index (χ2v) is 13.2. The van der Waals surface area contributed by atoms with Crippen molar-refractivity contribution in [2.75, 3.05) is 20.8 Å². The van der Waals surface area contributed by atoms with E-state index in [2.05, 4.69) is 66.1 Å². The number of allylic oxidation sites excluding steroid dienone is 1. The Hall–Kier alpha value is -5.93. The fourth-order valence-corrected chi connectivity index (χ4v) is 7.63. The number of aryl methyl sites for hydroxylation is 1. The van der Waals surface area contributed by atoms with Crippen molar-refractivity contribution in [2.45, 2.75) is 26.8 Å². The second kappa shape index (κ2) is 14.1. The van der Waals surface area contributed by atoms with Crippen LogP contribution in [0.5, 0.6) is 11.5 Å². The Morgan fingerprint density at radius 1 is 0.863 bits per heavy atom. The zero-order valence-electron chi connectivity index (χ0n) is 29.0. The van der Waals surface area contributed by atoms with Crippen LogP contribution in [0.3, 0.4) is 0 Å². The third-order valence-electron chi connectivity index (χ3n) is 8.97. The van der Waals surface area contributed by atoms with Crippen molar-refractivity contribution in [3.8, 4) is 39.7 Å². The quantitative estimate of drug-likeness (QED) is 0.149. The first kappa shape index (κ1) is 33.6. The molecule has 4 aromatic carbocycles. The normalized spacial score (nSPS) is 14.2. The van der Waals surface area contributed by atoms with Crippen LogP contribution in [0, 0.1) is 6.92 Å². The van der Waals surface area contributed by atoms with Gasteiger partial charge in [-0.05, 0) is 74.4 Å². The molecule has 0 radical (unpaired) electrons. The topological polar surface area (TPSA) is 84.1 Å². The standard InChI is InChI=1S/C42H37N3O5S/c1-6-50-41(47)37-27(3)43-42-45(39(37)33-25-32(48-4)21-22-35(33)49-5)40(46)36(51-42)24-30-23-34(28-13-9-7-10-14-28)44(31-19-17-26(2)18-20-31)38(30)29-15-11-8-12-16-29/h7-25,39H,6H2,1-5H3/b36-24-/t39-/m1/s1. The van der Waals surface area contributed by atoms with E-state index in [-0.39, 0.29) is 17.7 Å². The lowest BCUT2D eigenvalue weighted by Gasteiger charge is -2.26. The molecule has 0 saturated heterocycles. The van der Waals surface area contributed by atoms with E-state index in [1.807, 2.05) is 42.5 Å². The van der Waals surface area contributed by atoms with Crippen molar-refractivity contribution in [1.82, 2.24) is 9.13 Å². The number of aromatic nitrogens is 2. The average Bonchev–Trinajstić information content (AvgIpc) is 3.68. The third kappa shape index (κ3) is 6.21. The Labute approximate surface area is 299 Å². The van der Waals surface area contributed by atoms with E-state index in [9.17, 15) is 9.59 Å². The van der Waals surface area contributed by atoms with Crippen molar-refractivity contribution in [3.63, 3.8) is 0 Å². The van der Waals surface area contributed by atoms with Crippen LogP contribution < -0.4 is 24.4 Å². The maximum Gasteiger partial charge on any atom is 0.338 e. The highest BCUT2D eigenvalue weighted by Gasteiger charge is 2.35. The van der Waals surface area contributed by atoms with E-state index < -0.39 is 12.0 Å². The van der Waals surface area contributed by atoms with Crippen LogP contribution in [0.15, 0.2) is 130 Å². The van der Waals surface area contributed by atoms with Gasteiger partial charge < -0.3 is 18.8 Å². The molecule has 1 aliphatic heterocycles. The molecule has 0 bridgehead atoms. The molecule has 256 valence electrons. The van der Waals surface area contributed by atoms with Gasteiger partial charge in [0.1, 0.15) is 17.5 Å². The van der Waals surface area contributed by atoms with Gasteiger partial charge in [0, 0.05) is 16.8 Å². The van der Waals surface area contributed by atoms with E-state index in [1.54, 1.807) is 50.8 Å². The number of methoxy groups -OCH3 is 2. The number of carbonyl (C=O) groups is 1. The first-order valence-electron chi connectivity index (χ1n) is 16.7. The SMILES string of the molecule is CCOC(=O)C1=C(C)N=c2s/c(=C\c3cc(-c4ccccc4)n(-c4ccc(C)cc4)c3-c3ccccc3)c(=O)n2[C@@H]1c1cc(OC)ccc1OC. The predicted molar refractivity (Wildman–Crippen MR) is 201 cm³/mol. The van der Waals surface area contributed by atoms with Gasteiger partial charge in [0.25, 0.3) is 5.56 Å². The molecule has 0 aliphatic carbocycles. The predicted octanol–water partition coefficient (Wildman–Crippen LogP) is 7.25. The second-order valence-electron chi connectivity index (χ2n) is 12.1. The van der Waals surface area contributed by atoms with Crippen LogP contribution in [0.25, 0.3) is 34.3 Å². The highest BCUT2D eigenvalue weighted by molar-refractivity contribution is 7.07. The monoisotopic (exact) mass is 695 g/mol. The summed E-state index contributed by atoms with van der Waals surface area (Å²) in [5.41, 5.74) is 8.03. The summed E-state index contributed by atoms with van der Waals surface area (Å²) >= 11 is 1.28. The Kier molecular flexibility index (Phi) is 9.30. The van der Waals surface area contributed by atoms with Crippen molar-refractivity contribution >= 4 is 23.4 Å². The average molecular weight is 696 g/mol. The molecular weight excluding hydrogens is 659 g/mol. The van der Waals surface area contributed by atoms with Gasteiger partial charge in [-0.2, -0.15) is 0 Å². The highest BCUT2D eigenvalue weighted by atomic mass is 32.1. The summed E-state index contributed by atoms with van der Waals surface area (Å²) in [6.45, 7) is 5.77. The molecule has 7 rings (SSSR count). The zero-order valence-corrected chi connectivity index (χ0v) is 29.9. The van der Waals surface area contributed by atoms with Gasteiger partial charge >= 0.3 is 5.97 Å². The summed E-state index contributed by atoms with van der Waals surface area (Å²) in [4.78, 5) is 33.6. The minimum Gasteiger partial charge on any atom is -0.497 e. The first-order chi connectivity index (χ1) is 24.8.